The number of primary amides is 1. The summed E-state index contributed by atoms with van der Waals surface area (Å²) in [4.78, 5) is 20.2. The van der Waals surface area contributed by atoms with Gasteiger partial charge in [0.2, 0.25) is 11.0 Å². The molecule has 58 valence electrons. The van der Waals surface area contributed by atoms with Gasteiger partial charge in [-0.05, 0) is 0 Å². The van der Waals surface area contributed by atoms with Gasteiger partial charge in [-0.25, -0.2) is 0 Å². The molecule has 1 unspecified atom stereocenters. The van der Waals surface area contributed by atoms with E-state index in [9.17, 15) is 18.4 Å². The van der Waals surface area contributed by atoms with Gasteiger partial charge in [0.15, 0.2) is 0 Å². The molecule has 0 fully saturated rings. The van der Waals surface area contributed by atoms with E-state index < -0.39 is 22.1 Å². The third-order valence-corrected chi connectivity index (χ3v) is 1.34. The number of rotatable bonds is 3. The molecule has 0 heterocycles. The Morgan fingerprint density at radius 2 is 1.90 bits per heavy atom. The fraction of sp³-hybridized carbons (Fsp3) is 0.500. The van der Waals surface area contributed by atoms with Crippen molar-refractivity contribution in [2.75, 3.05) is 0 Å². The van der Waals surface area contributed by atoms with Crippen LogP contribution in [0.5, 0.6) is 0 Å². The van der Waals surface area contributed by atoms with Crippen LogP contribution in [0.3, 0.4) is 0 Å². The number of carbonyl (C=O) groups is 2. The van der Waals surface area contributed by atoms with E-state index in [2.05, 4.69) is 5.73 Å². The lowest BCUT2D eigenvalue weighted by atomic mass is 10.3. The Morgan fingerprint density at radius 3 is 2.20 bits per heavy atom. The van der Waals surface area contributed by atoms with Crippen molar-refractivity contribution in [1.29, 1.82) is 0 Å². The van der Waals surface area contributed by atoms with Crippen molar-refractivity contribution in [1.82, 2.24) is 0 Å². The van der Waals surface area contributed by atoms with Crippen LogP contribution in [-0.4, -0.2) is 19.8 Å². The zero-order valence-electron chi connectivity index (χ0n) is 5.03. The molecule has 0 aliphatic carbocycles. The summed E-state index contributed by atoms with van der Waals surface area (Å²) in [7, 11) is 0. The Hall–Kier alpha value is -0.750. The molecule has 0 aromatic rings. The lowest BCUT2D eigenvalue weighted by molar-refractivity contribution is -0.120. The number of nitrogens with two attached hydrogens (primary N) is 1. The Kier molecular flexibility index (Phi) is 3.82. The molecule has 0 aliphatic heterocycles. The second-order valence-electron chi connectivity index (χ2n) is 1.57. The minimum atomic E-state index is -2.72. The third-order valence-electron chi connectivity index (χ3n) is 0.761. The maximum absolute atomic E-state index is 10.2. The summed E-state index contributed by atoms with van der Waals surface area (Å²) < 4.78 is 19.6. The third kappa shape index (κ3) is 4.16. The van der Waals surface area contributed by atoms with E-state index in [0.29, 0.717) is 0 Å². The first-order valence-electron chi connectivity index (χ1n) is 2.44. The molecule has 6 heteroatoms. The maximum atomic E-state index is 10.2. The van der Waals surface area contributed by atoms with Gasteiger partial charge in [-0.3, -0.25) is 13.8 Å². The molecule has 0 saturated carbocycles. The van der Waals surface area contributed by atoms with E-state index in [1.165, 1.54) is 0 Å². The molecule has 0 aromatic carbocycles. The highest BCUT2D eigenvalue weighted by molar-refractivity contribution is 7.95. The summed E-state index contributed by atoms with van der Waals surface area (Å²) in [5, 5.41) is -0.987. The molecule has 0 spiro atoms. The highest BCUT2D eigenvalue weighted by atomic mass is 32.2. The summed E-state index contributed by atoms with van der Waals surface area (Å²) in [6, 6.07) is 0. The van der Waals surface area contributed by atoms with Crippen molar-refractivity contribution < 1.29 is 18.4 Å². The SMILES string of the molecule is NC(=O)CCC(=O)S(=O)[O-]. The smallest absolute Gasteiger partial charge is 0.217 e. The van der Waals surface area contributed by atoms with Crippen molar-refractivity contribution in [3.05, 3.63) is 0 Å². The molecule has 0 aromatic heterocycles. The average Bonchev–Trinajstić information content (AvgIpc) is 1.82. The second kappa shape index (κ2) is 4.13. The Bertz CT molecular complexity index is 178. The summed E-state index contributed by atoms with van der Waals surface area (Å²) in [5.74, 6) is -0.682. The second-order valence-corrected chi connectivity index (χ2v) is 2.50. The number of hydrogen-bond acceptors (Lipinski definition) is 4. The molecule has 10 heavy (non-hydrogen) atoms. The Morgan fingerprint density at radius 1 is 1.40 bits per heavy atom. The number of hydrogen-bond donors (Lipinski definition) is 1. The first-order valence-corrected chi connectivity index (χ1v) is 3.52. The molecule has 1 atom stereocenters. The predicted molar refractivity (Wildman–Crippen MR) is 32.4 cm³/mol. The zero-order chi connectivity index (χ0) is 8.15. The quantitative estimate of drug-likeness (QED) is 0.521. The van der Waals surface area contributed by atoms with Crippen molar-refractivity contribution in [3.8, 4) is 0 Å². The van der Waals surface area contributed by atoms with Crippen LogP contribution in [0.2, 0.25) is 0 Å². The Balaban J connectivity index is 3.60. The van der Waals surface area contributed by atoms with Gasteiger partial charge in [-0.2, -0.15) is 0 Å². The van der Waals surface area contributed by atoms with E-state index in [1.807, 2.05) is 0 Å². The van der Waals surface area contributed by atoms with Gasteiger partial charge < -0.3 is 10.3 Å². The first kappa shape index (κ1) is 9.25. The van der Waals surface area contributed by atoms with Crippen molar-refractivity contribution in [2.45, 2.75) is 12.8 Å². The van der Waals surface area contributed by atoms with E-state index in [-0.39, 0.29) is 12.8 Å². The van der Waals surface area contributed by atoms with Crippen LogP contribution in [-0.2, 0) is 20.7 Å². The van der Waals surface area contributed by atoms with E-state index in [1.54, 1.807) is 0 Å². The van der Waals surface area contributed by atoms with Crippen LogP contribution < -0.4 is 5.73 Å². The summed E-state index contributed by atoms with van der Waals surface area (Å²) >= 11 is -2.72. The molecule has 1 amide bonds. The molecule has 0 saturated heterocycles. The largest absolute Gasteiger partial charge is 0.766 e. The number of amides is 1. The van der Waals surface area contributed by atoms with Crippen LogP contribution in [0.25, 0.3) is 0 Å². The van der Waals surface area contributed by atoms with E-state index in [0.717, 1.165) is 0 Å². The molecule has 0 radical (unpaired) electrons. The van der Waals surface area contributed by atoms with Gasteiger partial charge in [0, 0.05) is 23.9 Å². The topological polar surface area (TPSA) is 100 Å². The van der Waals surface area contributed by atoms with Gasteiger partial charge in [-0.15, -0.1) is 0 Å². The standard InChI is InChI=1S/C4H7NO4S/c5-3(6)1-2-4(7)10(8)9/h1-2H2,(H2,5,6)(H,8,9)/p-1. The van der Waals surface area contributed by atoms with Crippen LogP contribution in [0.1, 0.15) is 12.8 Å². The molecule has 2 N–H and O–H groups in total. The lowest BCUT2D eigenvalue weighted by Gasteiger charge is -2.00. The lowest BCUT2D eigenvalue weighted by Crippen LogP contribution is -2.14. The minimum absolute atomic E-state index is 0.215. The normalized spacial score (nSPS) is 12.5. The number of carbonyl (C=O) groups excluding carboxylic acids is 2. The molecule has 0 aliphatic rings. The summed E-state index contributed by atoms with van der Waals surface area (Å²) in [5.41, 5.74) is 4.65. The van der Waals surface area contributed by atoms with Crippen LogP contribution in [0.4, 0.5) is 0 Å². The van der Waals surface area contributed by atoms with Crippen LogP contribution in [0, 0.1) is 0 Å². The average molecular weight is 164 g/mol. The van der Waals surface area contributed by atoms with E-state index >= 15 is 0 Å². The van der Waals surface area contributed by atoms with Gasteiger partial charge in [0.1, 0.15) is 0 Å². The fourth-order valence-corrected chi connectivity index (χ4v) is 0.577. The maximum Gasteiger partial charge on any atom is 0.217 e. The van der Waals surface area contributed by atoms with Crippen molar-refractivity contribution in [3.63, 3.8) is 0 Å². The van der Waals surface area contributed by atoms with Crippen LogP contribution in [0.15, 0.2) is 0 Å². The van der Waals surface area contributed by atoms with Gasteiger partial charge in [0.25, 0.3) is 0 Å². The molecule has 5 nitrogen and oxygen atoms in total. The zero-order valence-corrected chi connectivity index (χ0v) is 5.85. The van der Waals surface area contributed by atoms with Gasteiger partial charge >= 0.3 is 0 Å². The van der Waals surface area contributed by atoms with Gasteiger partial charge in [0.05, 0.1) is 0 Å². The monoisotopic (exact) mass is 164 g/mol. The minimum Gasteiger partial charge on any atom is -0.766 e. The summed E-state index contributed by atoms with van der Waals surface area (Å²) in [6.45, 7) is 0. The van der Waals surface area contributed by atoms with Crippen molar-refractivity contribution >= 4 is 22.1 Å². The highest BCUT2D eigenvalue weighted by Crippen LogP contribution is 1.91. The first-order chi connectivity index (χ1) is 4.54. The summed E-state index contributed by atoms with van der Waals surface area (Å²) in [6.07, 6.45) is -0.543. The molecule has 0 rings (SSSR count). The van der Waals surface area contributed by atoms with Crippen LogP contribution >= 0.6 is 0 Å². The molecular formula is C4H6NO4S-. The Labute approximate surface area is 59.9 Å². The van der Waals surface area contributed by atoms with Crippen molar-refractivity contribution in [2.24, 2.45) is 5.73 Å². The van der Waals surface area contributed by atoms with E-state index in [4.69, 9.17) is 0 Å². The molecular weight excluding hydrogens is 158 g/mol. The highest BCUT2D eigenvalue weighted by Gasteiger charge is 2.03. The van der Waals surface area contributed by atoms with Gasteiger partial charge in [-0.1, -0.05) is 0 Å². The molecule has 0 bridgehead atoms. The fourth-order valence-electron chi connectivity index (χ4n) is 0.309. The predicted octanol–water partition coefficient (Wildman–Crippen LogP) is -1.34.